The van der Waals surface area contributed by atoms with E-state index in [0.29, 0.717) is 5.52 Å². The number of aliphatic hydroxyl groups excluding tert-OH is 1. The lowest BCUT2D eigenvalue weighted by Crippen LogP contribution is -2.24. The van der Waals surface area contributed by atoms with E-state index in [0.717, 1.165) is 27.9 Å². The molecule has 148 valence electrons. The van der Waals surface area contributed by atoms with E-state index in [-0.39, 0.29) is 12.1 Å². The van der Waals surface area contributed by atoms with Gasteiger partial charge in [0.2, 0.25) is 0 Å². The first-order valence-electron chi connectivity index (χ1n) is 9.75. The number of aliphatic hydroxyl groups is 1. The first-order valence-corrected chi connectivity index (χ1v) is 9.75. The molecule has 0 aliphatic rings. The predicted octanol–water partition coefficient (Wildman–Crippen LogP) is 4.13. The molecule has 4 rings (SSSR count). The van der Waals surface area contributed by atoms with Crippen molar-refractivity contribution in [2.45, 2.75) is 40.3 Å². The summed E-state index contributed by atoms with van der Waals surface area (Å²) in [5.74, 6) is 0. The standard InChI is InChI=1S/C24H25N3O2/c1-15-5-7-19(8-6-15)21-13-22-24(29)26(9-10-27(22)25-21)14-23(28)20-12-17(3)16(2)11-18(20)4/h5-13,23,28H,14H2,1-4H3/t23-/m1/s1. The molecule has 2 heterocycles. The first-order chi connectivity index (χ1) is 13.8. The second kappa shape index (κ2) is 7.33. The van der Waals surface area contributed by atoms with Crippen LogP contribution in [0.1, 0.15) is 33.9 Å². The molecule has 0 amide bonds. The Kier molecular flexibility index (Phi) is 4.84. The van der Waals surface area contributed by atoms with Crippen LogP contribution < -0.4 is 5.56 Å². The van der Waals surface area contributed by atoms with E-state index in [9.17, 15) is 9.90 Å². The number of fused-ring (bicyclic) bond motifs is 1. The molecule has 2 aromatic carbocycles. The van der Waals surface area contributed by atoms with Gasteiger partial charge in [0.25, 0.3) is 5.56 Å². The molecule has 0 saturated heterocycles. The zero-order valence-electron chi connectivity index (χ0n) is 17.2. The second-order valence-corrected chi connectivity index (χ2v) is 7.79. The summed E-state index contributed by atoms with van der Waals surface area (Å²) in [6.07, 6.45) is 2.68. The maximum atomic E-state index is 13.0. The molecule has 0 spiro atoms. The lowest BCUT2D eigenvalue weighted by atomic mass is 9.97. The zero-order valence-corrected chi connectivity index (χ0v) is 17.2. The van der Waals surface area contributed by atoms with Crippen molar-refractivity contribution in [3.05, 3.63) is 93.0 Å². The Balaban J connectivity index is 1.68. The average molecular weight is 387 g/mol. The fourth-order valence-electron chi connectivity index (χ4n) is 3.66. The van der Waals surface area contributed by atoms with E-state index in [1.807, 2.05) is 51.1 Å². The summed E-state index contributed by atoms with van der Waals surface area (Å²) in [6.45, 7) is 8.31. The highest BCUT2D eigenvalue weighted by atomic mass is 16.3. The molecule has 5 nitrogen and oxygen atoms in total. The molecule has 1 atom stereocenters. The van der Waals surface area contributed by atoms with Crippen molar-refractivity contribution in [2.24, 2.45) is 0 Å². The molecule has 0 bridgehead atoms. The van der Waals surface area contributed by atoms with Crippen molar-refractivity contribution in [1.29, 1.82) is 0 Å². The van der Waals surface area contributed by atoms with Crippen LogP contribution in [0.2, 0.25) is 0 Å². The minimum Gasteiger partial charge on any atom is -0.387 e. The highest BCUT2D eigenvalue weighted by molar-refractivity contribution is 5.65. The Hall–Kier alpha value is -3.18. The Morgan fingerprint density at radius 1 is 0.931 bits per heavy atom. The van der Waals surface area contributed by atoms with Crippen molar-refractivity contribution in [2.75, 3.05) is 0 Å². The third-order valence-electron chi connectivity index (χ3n) is 5.56. The molecule has 0 radical (unpaired) electrons. The number of aromatic nitrogens is 3. The van der Waals surface area contributed by atoms with Gasteiger partial charge in [0.15, 0.2) is 0 Å². The maximum absolute atomic E-state index is 13.0. The first kappa shape index (κ1) is 19.2. The topological polar surface area (TPSA) is 59.5 Å². The quantitative estimate of drug-likeness (QED) is 0.573. The van der Waals surface area contributed by atoms with Crippen molar-refractivity contribution < 1.29 is 5.11 Å². The van der Waals surface area contributed by atoms with E-state index < -0.39 is 6.10 Å². The van der Waals surface area contributed by atoms with E-state index in [1.165, 1.54) is 11.1 Å². The number of benzene rings is 2. The van der Waals surface area contributed by atoms with Crippen LogP contribution in [-0.2, 0) is 6.54 Å². The number of nitrogens with zero attached hydrogens (tertiary/aromatic N) is 3. The molecular formula is C24H25N3O2. The van der Waals surface area contributed by atoms with Crippen molar-refractivity contribution in [3.63, 3.8) is 0 Å². The molecule has 0 unspecified atom stereocenters. The summed E-state index contributed by atoms with van der Waals surface area (Å²) in [5.41, 5.74) is 7.43. The smallest absolute Gasteiger partial charge is 0.276 e. The molecule has 0 aliphatic heterocycles. The van der Waals surface area contributed by atoms with Gasteiger partial charge in [0.1, 0.15) is 5.52 Å². The van der Waals surface area contributed by atoms with Gasteiger partial charge in [0.05, 0.1) is 18.3 Å². The Labute approximate surface area is 169 Å². The zero-order chi connectivity index (χ0) is 20.7. The molecule has 29 heavy (non-hydrogen) atoms. The van der Waals surface area contributed by atoms with E-state index >= 15 is 0 Å². The summed E-state index contributed by atoms with van der Waals surface area (Å²) in [7, 11) is 0. The Morgan fingerprint density at radius 3 is 2.34 bits per heavy atom. The number of aryl methyl sites for hydroxylation is 4. The molecule has 0 saturated carbocycles. The largest absolute Gasteiger partial charge is 0.387 e. The Morgan fingerprint density at radius 2 is 1.62 bits per heavy atom. The maximum Gasteiger partial charge on any atom is 0.276 e. The van der Waals surface area contributed by atoms with Crippen LogP contribution in [0.3, 0.4) is 0 Å². The summed E-state index contributed by atoms with van der Waals surface area (Å²) in [5, 5.41) is 15.3. The van der Waals surface area contributed by atoms with Crippen LogP contribution in [0.15, 0.2) is 59.7 Å². The summed E-state index contributed by atoms with van der Waals surface area (Å²) < 4.78 is 3.15. The van der Waals surface area contributed by atoms with E-state index in [2.05, 4.69) is 18.1 Å². The molecule has 5 heteroatoms. The SMILES string of the molecule is Cc1ccc(-c2cc3c(=O)n(C[C@@H](O)c4cc(C)c(C)cc4C)ccn3n2)cc1. The minimum atomic E-state index is -0.756. The van der Waals surface area contributed by atoms with Gasteiger partial charge in [-0.2, -0.15) is 5.10 Å². The average Bonchev–Trinajstić information content (AvgIpc) is 3.12. The fourth-order valence-corrected chi connectivity index (χ4v) is 3.66. The lowest BCUT2D eigenvalue weighted by Gasteiger charge is -2.17. The van der Waals surface area contributed by atoms with Crippen LogP contribution in [-0.4, -0.2) is 19.3 Å². The highest BCUT2D eigenvalue weighted by Crippen LogP contribution is 2.23. The lowest BCUT2D eigenvalue weighted by molar-refractivity contribution is 0.154. The van der Waals surface area contributed by atoms with Crippen LogP contribution in [0, 0.1) is 27.7 Å². The molecule has 0 aliphatic carbocycles. The molecule has 1 N–H and O–H groups in total. The third-order valence-corrected chi connectivity index (χ3v) is 5.56. The van der Waals surface area contributed by atoms with Gasteiger partial charge in [-0.15, -0.1) is 0 Å². The van der Waals surface area contributed by atoms with Gasteiger partial charge >= 0.3 is 0 Å². The third kappa shape index (κ3) is 3.61. The van der Waals surface area contributed by atoms with Gasteiger partial charge in [-0.1, -0.05) is 42.0 Å². The van der Waals surface area contributed by atoms with Crippen LogP contribution >= 0.6 is 0 Å². The molecular weight excluding hydrogens is 362 g/mol. The van der Waals surface area contributed by atoms with Gasteiger partial charge in [-0.05, 0) is 56.0 Å². The molecule has 0 fully saturated rings. The number of hydrogen-bond donors (Lipinski definition) is 1. The van der Waals surface area contributed by atoms with Gasteiger partial charge in [-0.25, -0.2) is 4.52 Å². The molecule has 2 aromatic heterocycles. The van der Waals surface area contributed by atoms with E-state index in [1.54, 1.807) is 27.5 Å². The second-order valence-electron chi connectivity index (χ2n) is 7.79. The Bertz CT molecular complexity index is 1250. The van der Waals surface area contributed by atoms with Crippen molar-refractivity contribution >= 4 is 5.52 Å². The number of rotatable bonds is 4. The minimum absolute atomic E-state index is 0.168. The van der Waals surface area contributed by atoms with Crippen molar-refractivity contribution in [3.8, 4) is 11.3 Å². The van der Waals surface area contributed by atoms with E-state index in [4.69, 9.17) is 0 Å². The van der Waals surface area contributed by atoms with Gasteiger partial charge in [-0.3, -0.25) is 4.79 Å². The fraction of sp³-hybridized carbons (Fsp3) is 0.250. The summed E-state index contributed by atoms with van der Waals surface area (Å²) >= 11 is 0. The number of hydrogen-bond acceptors (Lipinski definition) is 3. The van der Waals surface area contributed by atoms with Gasteiger partial charge < -0.3 is 9.67 Å². The van der Waals surface area contributed by atoms with Gasteiger partial charge in [0, 0.05) is 18.0 Å². The monoisotopic (exact) mass is 387 g/mol. The van der Waals surface area contributed by atoms with Crippen LogP contribution in [0.5, 0.6) is 0 Å². The summed E-state index contributed by atoms with van der Waals surface area (Å²) in [4.78, 5) is 13.0. The normalized spacial score (nSPS) is 12.4. The summed E-state index contributed by atoms with van der Waals surface area (Å²) in [6, 6.07) is 13.9. The predicted molar refractivity (Wildman–Crippen MR) is 115 cm³/mol. The van der Waals surface area contributed by atoms with Crippen LogP contribution in [0.25, 0.3) is 16.8 Å². The highest BCUT2D eigenvalue weighted by Gasteiger charge is 2.15. The van der Waals surface area contributed by atoms with Crippen molar-refractivity contribution in [1.82, 2.24) is 14.2 Å². The molecule has 4 aromatic rings. The van der Waals surface area contributed by atoms with Crippen LogP contribution in [0.4, 0.5) is 0 Å².